The molecule has 0 saturated carbocycles. The largest absolute Gasteiger partial charge is 0.456 e. The van der Waals surface area contributed by atoms with Crippen LogP contribution in [-0.2, 0) is 24.3 Å². The maximum absolute atomic E-state index is 12.7. The summed E-state index contributed by atoms with van der Waals surface area (Å²) in [6, 6.07) is 7.92. The monoisotopic (exact) mass is 379 g/mol. The SMILES string of the molecule is CCCC(=O)OCC(=O)N1CCN(S(=O)(=O)c2ccccc2C#N)CC1. The summed E-state index contributed by atoms with van der Waals surface area (Å²) < 4.78 is 31.6. The van der Waals surface area contributed by atoms with Crippen molar-refractivity contribution >= 4 is 21.9 Å². The van der Waals surface area contributed by atoms with E-state index in [4.69, 9.17) is 10.00 Å². The van der Waals surface area contributed by atoms with Gasteiger partial charge in [-0.2, -0.15) is 9.57 Å². The quantitative estimate of drug-likeness (QED) is 0.675. The second kappa shape index (κ2) is 8.78. The number of nitrogens with zero attached hydrogens (tertiary/aromatic N) is 3. The van der Waals surface area contributed by atoms with E-state index in [1.807, 2.05) is 13.0 Å². The molecule has 1 aromatic carbocycles. The predicted octanol–water partition coefficient (Wildman–Crippen LogP) is 0.734. The summed E-state index contributed by atoms with van der Waals surface area (Å²) in [7, 11) is -3.80. The van der Waals surface area contributed by atoms with Crippen LogP contribution in [0.3, 0.4) is 0 Å². The van der Waals surface area contributed by atoms with Crippen molar-refractivity contribution in [3.05, 3.63) is 29.8 Å². The fraction of sp³-hybridized carbons (Fsp3) is 0.471. The van der Waals surface area contributed by atoms with E-state index in [9.17, 15) is 18.0 Å². The zero-order valence-corrected chi connectivity index (χ0v) is 15.4. The first-order chi connectivity index (χ1) is 12.4. The number of hydrogen-bond donors (Lipinski definition) is 0. The van der Waals surface area contributed by atoms with Crippen LogP contribution in [0.1, 0.15) is 25.3 Å². The number of nitriles is 1. The zero-order valence-electron chi connectivity index (χ0n) is 14.6. The Balaban J connectivity index is 1.96. The first kappa shape index (κ1) is 19.9. The topological polar surface area (TPSA) is 108 Å². The Morgan fingerprint density at radius 1 is 1.19 bits per heavy atom. The molecule has 1 saturated heterocycles. The van der Waals surface area contributed by atoms with Crippen LogP contribution in [0.2, 0.25) is 0 Å². The van der Waals surface area contributed by atoms with E-state index < -0.39 is 16.0 Å². The van der Waals surface area contributed by atoms with Gasteiger partial charge in [0, 0.05) is 32.6 Å². The molecule has 0 spiro atoms. The fourth-order valence-corrected chi connectivity index (χ4v) is 4.18. The predicted molar refractivity (Wildman–Crippen MR) is 92.4 cm³/mol. The molecule has 0 N–H and O–H groups in total. The van der Waals surface area contributed by atoms with Crippen molar-refractivity contribution in [3.8, 4) is 6.07 Å². The normalized spacial score (nSPS) is 15.3. The highest BCUT2D eigenvalue weighted by molar-refractivity contribution is 7.89. The zero-order chi connectivity index (χ0) is 19.2. The van der Waals surface area contributed by atoms with Crippen molar-refractivity contribution in [2.45, 2.75) is 24.7 Å². The van der Waals surface area contributed by atoms with Crippen LogP contribution in [0.25, 0.3) is 0 Å². The summed E-state index contributed by atoms with van der Waals surface area (Å²) in [6.45, 7) is 2.17. The van der Waals surface area contributed by atoms with E-state index in [2.05, 4.69) is 0 Å². The molecule has 26 heavy (non-hydrogen) atoms. The minimum absolute atomic E-state index is 0.0317. The third-order valence-corrected chi connectivity index (χ3v) is 5.98. The van der Waals surface area contributed by atoms with Gasteiger partial charge in [0.05, 0.1) is 10.5 Å². The van der Waals surface area contributed by atoms with Crippen LogP contribution in [0.4, 0.5) is 0 Å². The van der Waals surface area contributed by atoms with Crippen LogP contribution in [0, 0.1) is 11.3 Å². The second-order valence-corrected chi connectivity index (χ2v) is 7.71. The Kier molecular flexibility index (Phi) is 6.71. The maximum Gasteiger partial charge on any atom is 0.306 e. The number of esters is 1. The number of piperazine rings is 1. The van der Waals surface area contributed by atoms with Gasteiger partial charge in [-0.05, 0) is 18.6 Å². The van der Waals surface area contributed by atoms with Gasteiger partial charge in [-0.25, -0.2) is 8.42 Å². The molecule has 0 aromatic heterocycles. The molecule has 1 heterocycles. The minimum atomic E-state index is -3.80. The van der Waals surface area contributed by atoms with E-state index in [1.165, 1.54) is 21.3 Å². The lowest BCUT2D eigenvalue weighted by molar-refractivity contribution is -0.152. The molecule has 1 aromatic rings. The van der Waals surface area contributed by atoms with Crippen LogP contribution in [0.5, 0.6) is 0 Å². The minimum Gasteiger partial charge on any atom is -0.456 e. The van der Waals surface area contributed by atoms with Crippen molar-refractivity contribution in [2.75, 3.05) is 32.8 Å². The summed E-state index contributed by atoms with van der Waals surface area (Å²) in [4.78, 5) is 24.8. The van der Waals surface area contributed by atoms with Crippen LogP contribution in [-0.4, -0.2) is 62.3 Å². The Hall–Kier alpha value is -2.44. The van der Waals surface area contributed by atoms with Crippen LogP contribution < -0.4 is 0 Å². The number of hydrogen-bond acceptors (Lipinski definition) is 6. The van der Waals surface area contributed by atoms with E-state index >= 15 is 0 Å². The van der Waals surface area contributed by atoms with Crippen molar-refractivity contribution in [1.82, 2.24) is 9.21 Å². The molecular weight excluding hydrogens is 358 g/mol. The van der Waals surface area contributed by atoms with Crippen molar-refractivity contribution in [1.29, 1.82) is 5.26 Å². The van der Waals surface area contributed by atoms with E-state index in [-0.39, 0.29) is 55.6 Å². The van der Waals surface area contributed by atoms with Crippen molar-refractivity contribution in [2.24, 2.45) is 0 Å². The number of rotatable bonds is 6. The molecule has 0 bridgehead atoms. The molecule has 1 amide bonds. The molecule has 0 aliphatic carbocycles. The highest BCUT2D eigenvalue weighted by Gasteiger charge is 2.31. The lowest BCUT2D eigenvalue weighted by atomic mass is 10.2. The Morgan fingerprint density at radius 3 is 2.46 bits per heavy atom. The van der Waals surface area contributed by atoms with Gasteiger partial charge in [0.2, 0.25) is 10.0 Å². The fourth-order valence-electron chi connectivity index (χ4n) is 2.61. The lowest BCUT2D eigenvalue weighted by Gasteiger charge is -2.34. The Morgan fingerprint density at radius 2 is 1.85 bits per heavy atom. The van der Waals surface area contributed by atoms with Gasteiger partial charge in [0.25, 0.3) is 5.91 Å². The Bertz CT molecular complexity index is 808. The third-order valence-electron chi connectivity index (χ3n) is 4.03. The lowest BCUT2D eigenvalue weighted by Crippen LogP contribution is -2.51. The molecule has 0 unspecified atom stereocenters. The van der Waals surface area contributed by atoms with Gasteiger partial charge in [-0.3, -0.25) is 9.59 Å². The van der Waals surface area contributed by atoms with Crippen molar-refractivity contribution in [3.63, 3.8) is 0 Å². The summed E-state index contributed by atoms with van der Waals surface area (Å²) in [5.41, 5.74) is 0.0915. The number of benzene rings is 1. The molecule has 0 atom stereocenters. The molecule has 140 valence electrons. The number of carbonyl (C=O) groups excluding carboxylic acids is 2. The molecular formula is C17H21N3O5S. The van der Waals surface area contributed by atoms with Gasteiger partial charge in [0.15, 0.2) is 6.61 Å². The summed E-state index contributed by atoms with van der Waals surface area (Å²) in [5, 5.41) is 9.11. The van der Waals surface area contributed by atoms with Crippen LogP contribution in [0.15, 0.2) is 29.2 Å². The highest BCUT2D eigenvalue weighted by Crippen LogP contribution is 2.21. The first-order valence-corrected chi connectivity index (χ1v) is 9.76. The van der Waals surface area contributed by atoms with Gasteiger partial charge in [-0.1, -0.05) is 19.1 Å². The molecule has 2 rings (SSSR count). The van der Waals surface area contributed by atoms with Crippen LogP contribution >= 0.6 is 0 Å². The number of carbonyl (C=O) groups is 2. The molecule has 9 heteroatoms. The number of sulfonamides is 1. The average Bonchev–Trinajstić information content (AvgIpc) is 2.66. The summed E-state index contributed by atoms with van der Waals surface area (Å²) >= 11 is 0. The van der Waals surface area contributed by atoms with Gasteiger partial charge in [0.1, 0.15) is 6.07 Å². The molecule has 1 fully saturated rings. The molecule has 1 aliphatic heterocycles. The van der Waals surface area contributed by atoms with E-state index in [1.54, 1.807) is 12.1 Å². The third kappa shape index (κ3) is 4.59. The summed E-state index contributed by atoms with van der Waals surface area (Å²) in [6.07, 6.45) is 0.908. The van der Waals surface area contributed by atoms with Gasteiger partial charge < -0.3 is 9.64 Å². The Labute approximate surface area is 153 Å². The number of ether oxygens (including phenoxy) is 1. The van der Waals surface area contributed by atoms with Gasteiger partial charge >= 0.3 is 5.97 Å². The standard InChI is InChI=1S/C17H21N3O5S/c1-2-5-17(22)25-13-16(21)19-8-10-20(11-9-19)26(23,24)15-7-4-3-6-14(15)12-18/h3-4,6-7H,2,5,8-11,13H2,1H3. The van der Waals surface area contributed by atoms with Crippen molar-refractivity contribution < 1.29 is 22.7 Å². The smallest absolute Gasteiger partial charge is 0.306 e. The second-order valence-electron chi connectivity index (χ2n) is 5.80. The van der Waals surface area contributed by atoms with E-state index in [0.29, 0.717) is 6.42 Å². The molecule has 1 aliphatic rings. The first-order valence-electron chi connectivity index (χ1n) is 8.32. The van der Waals surface area contributed by atoms with Gasteiger partial charge in [-0.15, -0.1) is 0 Å². The van der Waals surface area contributed by atoms with E-state index in [0.717, 1.165) is 0 Å². The maximum atomic E-state index is 12.7. The average molecular weight is 379 g/mol. The highest BCUT2D eigenvalue weighted by atomic mass is 32.2. The summed E-state index contributed by atoms with van der Waals surface area (Å²) in [5.74, 6) is -0.765. The molecule has 0 radical (unpaired) electrons. The number of amides is 1. The molecule has 8 nitrogen and oxygen atoms in total.